The first-order valence-corrected chi connectivity index (χ1v) is 3.97. The van der Waals surface area contributed by atoms with Gasteiger partial charge in [-0.05, 0) is 6.42 Å². The minimum Gasteiger partial charge on any atom is -0.481 e. The van der Waals surface area contributed by atoms with Crippen LogP contribution in [-0.4, -0.2) is 34.7 Å². The lowest BCUT2D eigenvalue weighted by Gasteiger charge is -1.92. The van der Waals surface area contributed by atoms with Crippen LogP contribution >= 0.6 is 0 Å². The van der Waals surface area contributed by atoms with E-state index in [2.05, 4.69) is 4.74 Å². The Hall–Kier alpha value is -1.59. The third-order valence-corrected chi connectivity index (χ3v) is 0.863. The zero-order valence-corrected chi connectivity index (χ0v) is 8.15. The third-order valence-electron chi connectivity index (χ3n) is 0.863. The van der Waals surface area contributed by atoms with Crippen molar-refractivity contribution in [3.63, 3.8) is 0 Å². The molecule has 82 valence electrons. The smallest absolute Gasteiger partial charge is 0.341 e. The summed E-state index contributed by atoms with van der Waals surface area (Å²) in [7, 11) is 0. The van der Waals surface area contributed by atoms with Gasteiger partial charge >= 0.3 is 17.9 Å². The van der Waals surface area contributed by atoms with Crippen molar-refractivity contribution in [3.05, 3.63) is 0 Å². The lowest BCUT2D eigenvalue weighted by molar-refractivity contribution is -0.153. The number of carboxylic acids is 2. The predicted molar refractivity (Wildman–Crippen MR) is 46.8 cm³/mol. The molecule has 0 unspecified atom stereocenters. The van der Waals surface area contributed by atoms with Crippen LogP contribution in [0.5, 0.6) is 0 Å². The van der Waals surface area contributed by atoms with Crippen LogP contribution in [-0.2, 0) is 19.1 Å². The van der Waals surface area contributed by atoms with E-state index in [-0.39, 0.29) is 0 Å². The Kier molecular flexibility index (Phi) is 10.1. The number of aliphatic carboxylic acids is 2. The van der Waals surface area contributed by atoms with E-state index in [1.165, 1.54) is 0 Å². The molecule has 0 aliphatic heterocycles. The molecule has 14 heavy (non-hydrogen) atoms. The quantitative estimate of drug-likeness (QED) is 0.649. The monoisotopic (exact) mass is 206 g/mol. The molecule has 0 atom stereocenters. The summed E-state index contributed by atoms with van der Waals surface area (Å²) >= 11 is 0. The molecule has 0 rings (SSSR count). The normalized spacial score (nSPS) is 8.14. The summed E-state index contributed by atoms with van der Waals surface area (Å²) in [6.07, 6.45) is 1.02. The molecule has 0 aromatic heterocycles. The van der Waals surface area contributed by atoms with Gasteiger partial charge in [-0.2, -0.15) is 0 Å². The molecule has 0 aliphatic carbocycles. The van der Waals surface area contributed by atoms with Gasteiger partial charge in [-0.15, -0.1) is 0 Å². The van der Waals surface area contributed by atoms with Crippen LogP contribution in [0.1, 0.15) is 26.7 Å². The van der Waals surface area contributed by atoms with Gasteiger partial charge in [0, 0.05) is 13.3 Å². The van der Waals surface area contributed by atoms with Crippen molar-refractivity contribution in [1.29, 1.82) is 0 Å². The molecule has 0 saturated heterocycles. The number of carbonyl (C=O) groups excluding carboxylic acids is 1. The van der Waals surface area contributed by atoms with Crippen molar-refractivity contribution in [1.82, 2.24) is 0 Å². The molecule has 0 bridgehead atoms. The van der Waals surface area contributed by atoms with Gasteiger partial charge in [0.2, 0.25) is 0 Å². The summed E-state index contributed by atoms with van der Waals surface area (Å²) in [6, 6.07) is 0. The van der Waals surface area contributed by atoms with E-state index in [1.54, 1.807) is 0 Å². The number of carboxylic acid groups (broad SMARTS) is 2. The molecule has 0 heterocycles. The van der Waals surface area contributed by atoms with Crippen molar-refractivity contribution < 1.29 is 29.3 Å². The van der Waals surface area contributed by atoms with Crippen LogP contribution in [0.3, 0.4) is 0 Å². The Morgan fingerprint density at radius 3 is 1.71 bits per heavy atom. The Balaban J connectivity index is 0. The number of rotatable bonds is 4. The van der Waals surface area contributed by atoms with E-state index in [0.717, 1.165) is 13.3 Å². The molecule has 0 radical (unpaired) electrons. The summed E-state index contributed by atoms with van der Waals surface area (Å²) in [5.74, 6) is -2.43. The van der Waals surface area contributed by atoms with Crippen LogP contribution < -0.4 is 0 Å². The maximum absolute atomic E-state index is 9.86. The molecule has 0 saturated carbocycles. The molecule has 0 aliphatic rings. The zero-order valence-electron chi connectivity index (χ0n) is 8.15. The van der Waals surface area contributed by atoms with E-state index in [0.29, 0.717) is 6.42 Å². The third kappa shape index (κ3) is 22.4. The van der Waals surface area contributed by atoms with Gasteiger partial charge in [0.1, 0.15) is 0 Å². The van der Waals surface area contributed by atoms with Crippen molar-refractivity contribution in [2.45, 2.75) is 26.7 Å². The molecule has 0 fully saturated rings. The standard InChI is InChI=1S/C4H6O4.C4H8O2/c1-3(5)8-2-4(6)7;1-2-3-4(5)6/h2H2,1H3,(H,6,7);2-3H2,1H3,(H,5,6). The number of esters is 1. The SMILES string of the molecule is CC(=O)OCC(=O)O.CCCC(=O)O. The second-order valence-electron chi connectivity index (χ2n) is 2.32. The van der Waals surface area contributed by atoms with Crippen LogP contribution in [0, 0.1) is 0 Å². The first-order chi connectivity index (χ1) is 6.40. The Labute approximate surface area is 81.5 Å². The summed E-state index contributed by atoms with van der Waals surface area (Å²) in [4.78, 5) is 29.1. The predicted octanol–water partition coefficient (Wildman–Crippen LogP) is 0.505. The summed E-state index contributed by atoms with van der Waals surface area (Å²) in [6.45, 7) is 2.45. The van der Waals surface area contributed by atoms with E-state index in [1.807, 2.05) is 6.92 Å². The van der Waals surface area contributed by atoms with E-state index >= 15 is 0 Å². The van der Waals surface area contributed by atoms with Crippen molar-refractivity contribution in [3.8, 4) is 0 Å². The average Bonchev–Trinajstić information content (AvgIpc) is 2.01. The Morgan fingerprint density at radius 2 is 1.64 bits per heavy atom. The molecular weight excluding hydrogens is 192 g/mol. The first kappa shape index (κ1) is 14.9. The summed E-state index contributed by atoms with van der Waals surface area (Å²) < 4.78 is 4.06. The topological polar surface area (TPSA) is 101 Å². The number of hydrogen-bond donors (Lipinski definition) is 2. The highest BCUT2D eigenvalue weighted by Crippen LogP contribution is 1.82. The molecular formula is C8H14O6. The lowest BCUT2D eigenvalue weighted by atomic mass is 10.4. The zero-order chi connectivity index (χ0) is 11.6. The maximum atomic E-state index is 9.86. The summed E-state index contributed by atoms with van der Waals surface area (Å²) in [5.41, 5.74) is 0. The lowest BCUT2D eigenvalue weighted by Crippen LogP contribution is -2.09. The van der Waals surface area contributed by atoms with Crippen LogP contribution in [0.25, 0.3) is 0 Å². The van der Waals surface area contributed by atoms with Crippen molar-refractivity contribution >= 4 is 17.9 Å². The van der Waals surface area contributed by atoms with Crippen molar-refractivity contribution in [2.24, 2.45) is 0 Å². The minimum atomic E-state index is -1.14. The molecule has 0 spiro atoms. The highest BCUT2D eigenvalue weighted by Gasteiger charge is 1.97. The second-order valence-corrected chi connectivity index (χ2v) is 2.32. The Morgan fingerprint density at radius 1 is 1.14 bits per heavy atom. The van der Waals surface area contributed by atoms with E-state index in [9.17, 15) is 14.4 Å². The average molecular weight is 206 g/mol. The molecule has 2 N–H and O–H groups in total. The summed E-state index contributed by atoms with van der Waals surface area (Å²) in [5, 5.41) is 15.8. The fourth-order valence-electron chi connectivity index (χ4n) is 0.377. The van der Waals surface area contributed by atoms with Gasteiger partial charge in [-0.3, -0.25) is 9.59 Å². The van der Waals surface area contributed by atoms with Crippen LogP contribution in [0.4, 0.5) is 0 Å². The maximum Gasteiger partial charge on any atom is 0.341 e. The Bertz CT molecular complexity index is 184. The van der Waals surface area contributed by atoms with Gasteiger partial charge in [-0.25, -0.2) is 4.79 Å². The molecule has 0 amide bonds. The highest BCUT2D eigenvalue weighted by atomic mass is 16.5. The fourth-order valence-corrected chi connectivity index (χ4v) is 0.377. The number of ether oxygens (including phenoxy) is 1. The number of carbonyl (C=O) groups is 3. The van der Waals surface area contributed by atoms with E-state index < -0.39 is 24.5 Å². The van der Waals surface area contributed by atoms with Gasteiger partial charge in [0.25, 0.3) is 0 Å². The molecule has 6 nitrogen and oxygen atoms in total. The van der Waals surface area contributed by atoms with Crippen LogP contribution in [0.2, 0.25) is 0 Å². The minimum absolute atomic E-state index is 0.292. The van der Waals surface area contributed by atoms with Crippen LogP contribution in [0.15, 0.2) is 0 Å². The van der Waals surface area contributed by atoms with Gasteiger partial charge in [-0.1, -0.05) is 6.92 Å². The van der Waals surface area contributed by atoms with Gasteiger partial charge in [0.05, 0.1) is 0 Å². The number of hydrogen-bond acceptors (Lipinski definition) is 4. The second kappa shape index (κ2) is 9.50. The van der Waals surface area contributed by atoms with Crippen molar-refractivity contribution in [2.75, 3.05) is 6.61 Å². The molecule has 0 aromatic rings. The largest absolute Gasteiger partial charge is 0.481 e. The highest BCUT2D eigenvalue weighted by molar-refractivity contribution is 5.73. The molecule has 6 heteroatoms. The van der Waals surface area contributed by atoms with E-state index in [4.69, 9.17) is 10.2 Å². The van der Waals surface area contributed by atoms with Gasteiger partial charge in [0.15, 0.2) is 6.61 Å². The first-order valence-electron chi connectivity index (χ1n) is 3.97. The fraction of sp³-hybridized carbons (Fsp3) is 0.625. The van der Waals surface area contributed by atoms with Gasteiger partial charge < -0.3 is 14.9 Å². The molecule has 0 aromatic carbocycles.